The Morgan fingerprint density at radius 3 is 2.27 bits per heavy atom. The van der Waals surface area contributed by atoms with Crippen molar-refractivity contribution in [2.24, 2.45) is 10.6 Å². The summed E-state index contributed by atoms with van der Waals surface area (Å²) in [6, 6.07) is 0.109. The zero-order chi connectivity index (χ0) is 11.1. The van der Waals surface area contributed by atoms with Crippen molar-refractivity contribution >= 4 is 0 Å². The molecule has 0 spiro atoms. The van der Waals surface area contributed by atoms with E-state index in [0.717, 1.165) is 12.8 Å². The second-order valence-corrected chi connectivity index (χ2v) is 5.08. The van der Waals surface area contributed by atoms with Gasteiger partial charge in [-0.2, -0.15) is 4.91 Å². The van der Waals surface area contributed by atoms with Crippen molar-refractivity contribution in [3.05, 3.63) is 4.91 Å². The molecule has 1 aliphatic carbocycles. The number of rotatable bonds is 8. The topological polar surface area (TPSA) is 29.4 Å². The van der Waals surface area contributed by atoms with Gasteiger partial charge in [-0.05, 0) is 31.1 Å². The SMILES string of the molecule is CCCCC(N=O)C1(CCCC)CCC1. The maximum absolute atomic E-state index is 11.0. The molecule has 15 heavy (non-hydrogen) atoms. The van der Waals surface area contributed by atoms with Gasteiger partial charge in [0.15, 0.2) is 0 Å². The first-order valence-corrected chi connectivity index (χ1v) is 6.61. The fourth-order valence-corrected chi connectivity index (χ4v) is 2.78. The lowest BCUT2D eigenvalue weighted by molar-refractivity contribution is 0.0738. The van der Waals surface area contributed by atoms with E-state index in [9.17, 15) is 4.91 Å². The van der Waals surface area contributed by atoms with Crippen LogP contribution in [-0.4, -0.2) is 6.04 Å². The summed E-state index contributed by atoms with van der Waals surface area (Å²) >= 11 is 0. The van der Waals surface area contributed by atoms with E-state index < -0.39 is 0 Å². The summed E-state index contributed by atoms with van der Waals surface area (Å²) in [5.41, 5.74) is 0.312. The number of nitroso groups, excluding NO2 is 1. The minimum Gasteiger partial charge on any atom is -0.150 e. The van der Waals surface area contributed by atoms with Gasteiger partial charge >= 0.3 is 0 Å². The van der Waals surface area contributed by atoms with Gasteiger partial charge in [0.2, 0.25) is 0 Å². The van der Waals surface area contributed by atoms with E-state index in [0.29, 0.717) is 5.41 Å². The Hall–Kier alpha value is -0.400. The fraction of sp³-hybridized carbons (Fsp3) is 1.00. The van der Waals surface area contributed by atoms with Crippen molar-refractivity contribution in [2.45, 2.75) is 77.7 Å². The van der Waals surface area contributed by atoms with E-state index in [1.807, 2.05) is 0 Å². The molecule has 0 heterocycles. The molecule has 0 aromatic rings. The average molecular weight is 211 g/mol. The molecular formula is C13H25NO. The molecule has 0 amide bonds. The van der Waals surface area contributed by atoms with Crippen LogP contribution in [0.5, 0.6) is 0 Å². The standard InChI is InChI=1S/C13H25NO/c1-3-5-8-12(14-15)13(9-6-4-2)10-7-11-13/h12H,3-11H2,1-2H3. The largest absolute Gasteiger partial charge is 0.150 e. The van der Waals surface area contributed by atoms with E-state index in [1.165, 1.54) is 44.9 Å². The number of nitrogens with zero attached hydrogens (tertiary/aromatic N) is 1. The highest BCUT2D eigenvalue weighted by molar-refractivity contribution is 4.96. The Bertz CT molecular complexity index is 187. The molecule has 1 saturated carbocycles. The zero-order valence-corrected chi connectivity index (χ0v) is 10.3. The van der Waals surface area contributed by atoms with Gasteiger partial charge in [-0.1, -0.05) is 51.1 Å². The maximum atomic E-state index is 11.0. The maximum Gasteiger partial charge on any atom is 0.0975 e. The lowest BCUT2D eigenvalue weighted by atomic mass is 9.60. The molecule has 0 aromatic carbocycles. The Labute approximate surface area is 93.8 Å². The van der Waals surface area contributed by atoms with E-state index in [4.69, 9.17) is 0 Å². The van der Waals surface area contributed by atoms with Gasteiger partial charge in [0, 0.05) is 0 Å². The number of unbranched alkanes of at least 4 members (excludes halogenated alkanes) is 2. The highest BCUT2D eigenvalue weighted by atomic mass is 16.3. The van der Waals surface area contributed by atoms with Crippen LogP contribution in [-0.2, 0) is 0 Å². The second kappa shape index (κ2) is 6.24. The van der Waals surface area contributed by atoms with Gasteiger partial charge in [-0.25, -0.2) is 0 Å². The Balaban J connectivity index is 2.48. The highest BCUT2D eigenvalue weighted by Gasteiger charge is 2.43. The van der Waals surface area contributed by atoms with Crippen molar-refractivity contribution < 1.29 is 0 Å². The first-order valence-electron chi connectivity index (χ1n) is 6.61. The van der Waals surface area contributed by atoms with E-state index in [1.54, 1.807) is 0 Å². The van der Waals surface area contributed by atoms with Gasteiger partial charge in [0.1, 0.15) is 0 Å². The third kappa shape index (κ3) is 3.02. The van der Waals surface area contributed by atoms with Gasteiger partial charge in [0.05, 0.1) is 6.04 Å². The molecule has 1 aliphatic rings. The fourth-order valence-electron chi connectivity index (χ4n) is 2.78. The minimum atomic E-state index is 0.109. The lowest BCUT2D eigenvalue weighted by Gasteiger charge is -2.45. The van der Waals surface area contributed by atoms with Crippen molar-refractivity contribution in [1.29, 1.82) is 0 Å². The van der Waals surface area contributed by atoms with Crippen LogP contribution in [0.15, 0.2) is 5.18 Å². The molecule has 0 aliphatic heterocycles. The van der Waals surface area contributed by atoms with Crippen LogP contribution in [0.3, 0.4) is 0 Å². The molecule has 0 aromatic heterocycles. The quantitative estimate of drug-likeness (QED) is 0.536. The van der Waals surface area contributed by atoms with Gasteiger partial charge in [0.25, 0.3) is 0 Å². The Morgan fingerprint density at radius 2 is 1.87 bits per heavy atom. The zero-order valence-electron chi connectivity index (χ0n) is 10.3. The van der Waals surface area contributed by atoms with Gasteiger partial charge in [-0.3, -0.25) is 0 Å². The van der Waals surface area contributed by atoms with Crippen molar-refractivity contribution in [3.8, 4) is 0 Å². The van der Waals surface area contributed by atoms with Gasteiger partial charge in [-0.15, -0.1) is 0 Å². The first kappa shape index (κ1) is 12.7. The minimum absolute atomic E-state index is 0.109. The predicted molar refractivity (Wildman–Crippen MR) is 64.9 cm³/mol. The van der Waals surface area contributed by atoms with Crippen LogP contribution in [0, 0.1) is 10.3 Å². The van der Waals surface area contributed by atoms with Crippen molar-refractivity contribution in [1.82, 2.24) is 0 Å². The summed E-state index contributed by atoms with van der Waals surface area (Å²) in [6.07, 6.45) is 10.9. The number of hydrogen-bond donors (Lipinski definition) is 0. The molecule has 0 radical (unpaired) electrons. The van der Waals surface area contributed by atoms with Crippen LogP contribution in [0.1, 0.15) is 71.6 Å². The van der Waals surface area contributed by atoms with Crippen LogP contribution < -0.4 is 0 Å². The third-order valence-electron chi connectivity index (χ3n) is 4.04. The third-order valence-corrected chi connectivity index (χ3v) is 4.04. The highest BCUT2D eigenvalue weighted by Crippen LogP contribution is 2.50. The molecule has 2 nitrogen and oxygen atoms in total. The first-order chi connectivity index (χ1) is 7.29. The predicted octanol–water partition coefficient (Wildman–Crippen LogP) is 4.67. The summed E-state index contributed by atoms with van der Waals surface area (Å²) in [4.78, 5) is 11.0. The van der Waals surface area contributed by atoms with E-state index in [2.05, 4.69) is 19.0 Å². The summed E-state index contributed by atoms with van der Waals surface area (Å²) in [5, 5.41) is 3.42. The second-order valence-electron chi connectivity index (χ2n) is 5.08. The van der Waals surface area contributed by atoms with E-state index in [-0.39, 0.29) is 6.04 Å². The smallest absolute Gasteiger partial charge is 0.0975 e. The van der Waals surface area contributed by atoms with Crippen LogP contribution in [0.2, 0.25) is 0 Å². The van der Waals surface area contributed by atoms with Gasteiger partial charge < -0.3 is 0 Å². The molecule has 0 bridgehead atoms. The molecular weight excluding hydrogens is 186 g/mol. The molecule has 1 rings (SSSR count). The summed E-state index contributed by atoms with van der Waals surface area (Å²) in [7, 11) is 0. The molecule has 0 N–H and O–H groups in total. The lowest BCUT2D eigenvalue weighted by Crippen LogP contribution is -2.40. The van der Waals surface area contributed by atoms with E-state index >= 15 is 0 Å². The Kier molecular flexibility index (Phi) is 5.27. The van der Waals surface area contributed by atoms with Crippen LogP contribution in [0.25, 0.3) is 0 Å². The van der Waals surface area contributed by atoms with Crippen molar-refractivity contribution in [2.75, 3.05) is 0 Å². The van der Waals surface area contributed by atoms with Crippen LogP contribution in [0.4, 0.5) is 0 Å². The monoisotopic (exact) mass is 211 g/mol. The molecule has 2 heteroatoms. The molecule has 0 saturated heterocycles. The summed E-state index contributed by atoms with van der Waals surface area (Å²) < 4.78 is 0. The summed E-state index contributed by atoms with van der Waals surface area (Å²) in [5.74, 6) is 0. The molecule has 1 unspecified atom stereocenters. The summed E-state index contributed by atoms with van der Waals surface area (Å²) in [6.45, 7) is 4.41. The van der Waals surface area contributed by atoms with Crippen molar-refractivity contribution in [3.63, 3.8) is 0 Å². The Morgan fingerprint density at radius 1 is 1.20 bits per heavy atom. The molecule has 88 valence electrons. The molecule has 1 fully saturated rings. The molecule has 1 atom stereocenters. The normalized spacial score (nSPS) is 20.7. The number of hydrogen-bond acceptors (Lipinski definition) is 2. The average Bonchev–Trinajstić information content (AvgIpc) is 2.20. The van der Waals surface area contributed by atoms with Crippen LogP contribution >= 0.6 is 0 Å².